The maximum absolute atomic E-state index is 12.6. The molecule has 0 unspecified atom stereocenters. The largest absolute Gasteiger partial charge is 0.366 e. The number of hydrogen-bond acceptors (Lipinski definition) is 2. The molecule has 1 rings (SSSR count). The Balaban J connectivity index is 3.27. The minimum absolute atomic E-state index is 0.178. The average molecular weight is 154 g/mol. The first-order valence-electron chi connectivity index (χ1n) is 3.04. The Bertz CT molecular complexity index is 298. The standard InChI is InChI=1S/C7H7FN2O/c1-4-5(7(9)11)2-3-10-6(4)8/h2-3H,1H3,(H2,9,11). The van der Waals surface area contributed by atoms with E-state index in [0.717, 1.165) is 0 Å². The van der Waals surface area contributed by atoms with Crippen LogP contribution >= 0.6 is 0 Å². The van der Waals surface area contributed by atoms with Crippen LogP contribution in [-0.2, 0) is 0 Å². The molecule has 0 radical (unpaired) electrons. The van der Waals surface area contributed by atoms with Crippen molar-refractivity contribution in [2.45, 2.75) is 6.92 Å². The van der Waals surface area contributed by atoms with E-state index in [9.17, 15) is 9.18 Å². The summed E-state index contributed by atoms with van der Waals surface area (Å²) in [4.78, 5) is 13.9. The third-order valence-electron chi connectivity index (χ3n) is 1.41. The maximum Gasteiger partial charge on any atom is 0.249 e. The summed E-state index contributed by atoms with van der Waals surface area (Å²) in [5.41, 5.74) is 5.32. The van der Waals surface area contributed by atoms with E-state index in [4.69, 9.17) is 5.73 Å². The van der Waals surface area contributed by atoms with Crippen molar-refractivity contribution >= 4 is 5.91 Å². The molecule has 4 heteroatoms. The molecule has 11 heavy (non-hydrogen) atoms. The molecular weight excluding hydrogens is 147 g/mol. The molecular formula is C7H7FN2O. The molecule has 0 fully saturated rings. The topological polar surface area (TPSA) is 56.0 Å². The quantitative estimate of drug-likeness (QED) is 0.603. The highest BCUT2D eigenvalue weighted by Crippen LogP contribution is 2.07. The second kappa shape index (κ2) is 2.65. The molecule has 1 aromatic rings. The van der Waals surface area contributed by atoms with Crippen molar-refractivity contribution in [2.24, 2.45) is 5.73 Å². The summed E-state index contributed by atoms with van der Waals surface area (Å²) in [5.74, 6) is -1.29. The van der Waals surface area contributed by atoms with Crippen molar-refractivity contribution in [3.8, 4) is 0 Å². The van der Waals surface area contributed by atoms with Crippen LogP contribution in [0.1, 0.15) is 15.9 Å². The van der Waals surface area contributed by atoms with Crippen LogP contribution in [0.2, 0.25) is 0 Å². The van der Waals surface area contributed by atoms with Gasteiger partial charge < -0.3 is 5.73 Å². The summed E-state index contributed by atoms with van der Waals surface area (Å²) in [6.45, 7) is 1.46. The van der Waals surface area contributed by atoms with E-state index in [2.05, 4.69) is 4.98 Å². The monoisotopic (exact) mass is 154 g/mol. The molecule has 0 spiro atoms. The van der Waals surface area contributed by atoms with Gasteiger partial charge in [0.25, 0.3) is 0 Å². The molecule has 0 aliphatic heterocycles. The summed E-state index contributed by atoms with van der Waals surface area (Å²) in [6.07, 6.45) is 1.21. The lowest BCUT2D eigenvalue weighted by Gasteiger charge is -1.99. The number of nitrogens with zero attached hydrogens (tertiary/aromatic N) is 1. The van der Waals surface area contributed by atoms with Gasteiger partial charge in [-0.2, -0.15) is 4.39 Å². The van der Waals surface area contributed by atoms with E-state index in [1.165, 1.54) is 19.2 Å². The van der Waals surface area contributed by atoms with E-state index in [1.54, 1.807) is 0 Å². The van der Waals surface area contributed by atoms with Crippen molar-refractivity contribution in [2.75, 3.05) is 0 Å². The predicted octanol–water partition coefficient (Wildman–Crippen LogP) is 0.628. The van der Waals surface area contributed by atoms with E-state index in [0.29, 0.717) is 0 Å². The molecule has 0 bridgehead atoms. The SMILES string of the molecule is Cc1c(C(N)=O)ccnc1F. The molecule has 0 saturated heterocycles. The van der Waals surface area contributed by atoms with Crippen LogP contribution < -0.4 is 5.73 Å². The van der Waals surface area contributed by atoms with Gasteiger partial charge in [0.1, 0.15) is 0 Å². The van der Waals surface area contributed by atoms with E-state index < -0.39 is 11.9 Å². The normalized spacial score (nSPS) is 9.64. The zero-order chi connectivity index (χ0) is 8.43. The maximum atomic E-state index is 12.6. The van der Waals surface area contributed by atoms with Crippen LogP contribution in [0.5, 0.6) is 0 Å². The van der Waals surface area contributed by atoms with E-state index >= 15 is 0 Å². The van der Waals surface area contributed by atoms with Crippen LogP contribution in [0.15, 0.2) is 12.3 Å². The lowest BCUT2D eigenvalue weighted by Crippen LogP contribution is -2.13. The second-order valence-electron chi connectivity index (χ2n) is 2.14. The molecule has 0 aromatic carbocycles. The summed E-state index contributed by atoms with van der Waals surface area (Å²) in [6, 6.07) is 1.39. The number of halogens is 1. The number of rotatable bonds is 1. The minimum atomic E-state index is -0.652. The number of carbonyl (C=O) groups is 1. The van der Waals surface area contributed by atoms with Crippen LogP contribution in [0, 0.1) is 12.9 Å². The van der Waals surface area contributed by atoms with Crippen molar-refractivity contribution in [1.29, 1.82) is 0 Å². The Morgan fingerprint density at radius 2 is 2.36 bits per heavy atom. The van der Waals surface area contributed by atoms with Gasteiger partial charge in [-0.1, -0.05) is 0 Å². The van der Waals surface area contributed by atoms with Gasteiger partial charge in [-0.05, 0) is 13.0 Å². The smallest absolute Gasteiger partial charge is 0.249 e. The Morgan fingerprint density at radius 3 is 2.82 bits per heavy atom. The summed E-state index contributed by atoms with van der Waals surface area (Å²) >= 11 is 0. The van der Waals surface area contributed by atoms with E-state index in [1.807, 2.05) is 0 Å². The first-order valence-corrected chi connectivity index (χ1v) is 3.04. The fourth-order valence-electron chi connectivity index (χ4n) is 0.777. The fraction of sp³-hybridized carbons (Fsp3) is 0.143. The van der Waals surface area contributed by atoms with Gasteiger partial charge in [0.05, 0.1) is 0 Å². The van der Waals surface area contributed by atoms with Crippen LogP contribution in [-0.4, -0.2) is 10.9 Å². The molecule has 1 amide bonds. The highest BCUT2D eigenvalue weighted by atomic mass is 19.1. The fourth-order valence-corrected chi connectivity index (χ4v) is 0.777. The first kappa shape index (κ1) is 7.65. The number of carbonyl (C=O) groups excluding carboxylic acids is 1. The molecule has 2 N–H and O–H groups in total. The molecule has 0 aliphatic carbocycles. The molecule has 0 saturated carbocycles. The van der Waals surface area contributed by atoms with Gasteiger partial charge in [0.15, 0.2) is 0 Å². The number of amides is 1. The number of primary amides is 1. The highest BCUT2D eigenvalue weighted by molar-refractivity contribution is 5.94. The van der Waals surface area contributed by atoms with Crippen molar-refractivity contribution < 1.29 is 9.18 Å². The highest BCUT2D eigenvalue weighted by Gasteiger charge is 2.07. The van der Waals surface area contributed by atoms with Gasteiger partial charge in [-0.25, -0.2) is 4.98 Å². The van der Waals surface area contributed by atoms with Gasteiger partial charge in [0.2, 0.25) is 11.9 Å². The molecule has 58 valence electrons. The molecule has 0 atom stereocenters. The molecule has 1 heterocycles. The number of hydrogen-bond donors (Lipinski definition) is 1. The Kier molecular flexibility index (Phi) is 1.85. The second-order valence-corrected chi connectivity index (χ2v) is 2.14. The Morgan fingerprint density at radius 1 is 1.73 bits per heavy atom. The molecule has 0 aliphatic rings. The first-order chi connectivity index (χ1) is 5.13. The van der Waals surface area contributed by atoms with E-state index in [-0.39, 0.29) is 11.1 Å². The zero-order valence-electron chi connectivity index (χ0n) is 5.97. The number of aromatic nitrogens is 1. The van der Waals surface area contributed by atoms with Gasteiger partial charge >= 0.3 is 0 Å². The van der Waals surface area contributed by atoms with Gasteiger partial charge in [-0.15, -0.1) is 0 Å². The average Bonchev–Trinajstić information content (AvgIpc) is 1.94. The van der Waals surface area contributed by atoms with Crippen LogP contribution in [0.25, 0.3) is 0 Å². The predicted molar refractivity (Wildman–Crippen MR) is 37.4 cm³/mol. The number of pyridine rings is 1. The molecule has 1 aromatic heterocycles. The van der Waals surface area contributed by atoms with Gasteiger partial charge in [0, 0.05) is 17.3 Å². The van der Waals surface area contributed by atoms with Crippen molar-refractivity contribution in [3.63, 3.8) is 0 Å². The van der Waals surface area contributed by atoms with Crippen LogP contribution in [0.4, 0.5) is 4.39 Å². The third-order valence-corrected chi connectivity index (χ3v) is 1.41. The van der Waals surface area contributed by atoms with Gasteiger partial charge in [-0.3, -0.25) is 4.79 Å². The summed E-state index contributed by atoms with van der Waals surface area (Å²) < 4.78 is 12.6. The lowest BCUT2D eigenvalue weighted by molar-refractivity contribution is 0.0999. The summed E-state index contributed by atoms with van der Waals surface area (Å²) in [7, 11) is 0. The number of nitrogens with two attached hydrogens (primary N) is 1. The van der Waals surface area contributed by atoms with Crippen molar-refractivity contribution in [3.05, 3.63) is 29.3 Å². The van der Waals surface area contributed by atoms with Crippen molar-refractivity contribution in [1.82, 2.24) is 4.98 Å². The molecule has 3 nitrogen and oxygen atoms in total. The Labute approximate surface area is 63.0 Å². The zero-order valence-corrected chi connectivity index (χ0v) is 5.97. The third kappa shape index (κ3) is 1.34. The Hall–Kier alpha value is -1.45. The minimum Gasteiger partial charge on any atom is -0.366 e. The van der Waals surface area contributed by atoms with Crippen LogP contribution in [0.3, 0.4) is 0 Å². The lowest BCUT2D eigenvalue weighted by atomic mass is 10.1. The summed E-state index contributed by atoms with van der Waals surface area (Å²) in [5, 5.41) is 0.